The molecule has 0 aromatic carbocycles. The van der Waals surface area contributed by atoms with E-state index < -0.39 is 0 Å². The second kappa shape index (κ2) is 7.63. The number of rotatable bonds is 6. The van der Waals surface area contributed by atoms with Crippen molar-refractivity contribution in [2.45, 2.75) is 33.1 Å². The minimum atomic E-state index is -0.0697. The van der Waals surface area contributed by atoms with Crippen LogP contribution in [-0.4, -0.2) is 39.4 Å². The van der Waals surface area contributed by atoms with Crippen LogP contribution < -0.4 is 15.8 Å². The van der Waals surface area contributed by atoms with E-state index in [0.717, 1.165) is 56.2 Å². The number of nitrogens with one attached hydrogen (secondary N) is 1. The molecular weight excluding hydrogens is 316 g/mol. The zero-order valence-electron chi connectivity index (χ0n) is 15.2. The van der Waals surface area contributed by atoms with Crippen LogP contribution in [0, 0.1) is 12.8 Å². The van der Waals surface area contributed by atoms with Gasteiger partial charge in [0.15, 0.2) is 0 Å². The third kappa shape index (κ3) is 4.15. The molecule has 1 aliphatic rings. The number of aryl methyl sites for hydroxylation is 3. The monoisotopic (exact) mass is 342 g/mol. The van der Waals surface area contributed by atoms with E-state index in [1.807, 2.05) is 13.1 Å². The highest BCUT2D eigenvalue weighted by Gasteiger charge is 2.23. The summed E-state index contributed by atoms with van der Waals surface area (Å²) in [6, 6.07) is 1.66. The van der Waals surface area contributed by atoms with E-state index in [2.05, 4.69) is 32.2 Å². The Hall–Kier alpha value is -2.44. The van der Waals surface area contributed by atoms with Crippen LogP contribution in [0.4, 0.5) is 11.5 Å². The topological polar surface area (TPSA) is 75.9 Å². The molecule has 1 aliphatic heterocycles. The van der Waals surface area contributed by atoms with Gasteiger partial charge >= 0.3 is 0 Å². The predicted molar refractivity (Wildman–Crippen MR) is 99.1 cm³/mol. The first kappa shape index (κ1) is 17.4. The lowest BCUT2D eigenvalue weighted by molar-refractivity contribution is 0.619. The minimum absolute atomic E-state index is 0.0697. The minimum Gasteiger partial charge on any atom is -0.370 e. The molecule has 7 nitrogen and oxygen atoms in total. The van der Waals surface area contributed by atoms with E-state index in [0.29, 0.717) is 5.92 Å². The molecule has 0 unspecified atom stereocenters. The average molecular weight is 342 g/mol. The van der Waals surface area contributed by atoms with Crippen molar-refractivity contribution in [2.24, 2.45) is 13.0 Å². The summed E-state index contributed by atoms with van der Waals surface area (Å²) < 4.78 is 1.35. The van der Waals surface area contributed by atoms with Gasteiger partial charge in [0.05, 0.1) is 11.9 Å². The molecule has 0 radical (unpaired) electrons. The Kier molecular flexibility index (Phi) is 5.31. The van der Waals surface area contributed by atoms with Crippen molar-refractivity contribution >= 4 is 11.5 Å². The van der Waals surface area contributed by atoms with Crippen molar-refractivity contribution < 1.29 is 0 Å². The Morgan fingerprint density at radius 3 is 2.96 bits per heavy atom. The van der Waals surface area contributed by atoms with Gasteiger partial charge in [0.1, 0.15) is 11.6 Å². The van der Waals surface area contributed by atoms with E-state index in [1.165, 1.54) is 10.2 Å². The molecule has 2 aromatic heterocycles. The number of hydrogen-bond acceptors (Lipinski definition) is 6. The van der Waals surface area contributed by atoms with E-state index in [1.54, 1.807) is 19.3 Å². The summed E-state index contributed by atoms with van der Waals surface area (Å²) in [6.07, 6.45) is 6.85. The van der Waals surface area contributed by atoms with Gasteiger partial charge in [-0.05, 0) is 25.7 Å². The highest BCUT2D eigenvalue weighted by atomic mass is 16.1. The summed E-state index contributed by atoms with van der Waals surface area (Å²) in [6.45, 7) is 6.83. The fourth-order valence-electron chi connectivity index (χ4n) is 3.21. The molecule has 25 heavy (non-hydrogen) atoms. The average Bonchev–Trinajstić information content (AvgIpc) is 3.06. The van der Waals surface area contributed by atoms with Gasteiger partial charge in [0.25, 0.3) is 5.56 Å². The number of aromatic nitrogens is 4. The summed E-state index contributed by atoms with van der Waals surface area (Å²) in [5.74, 6) is 2.28. The first-order valence-electron chi connectivity index (χ1n) is 8.91. The van der Waals surface area contributed by atoms with E-state index >= 15 is 0 Å². The van der Waals surface area contributed by atoms with Crippen LogP contribution in [0.5, 0.6) is 0 Å². The molecular formula is C18H26N6O. The van der Waals surface area contributed by atoms with Gasteiger partial charge in [0.2, 0.25) is 0 Å². The predicted octanol–water partition coefficient (Wildman–Crippen LogP) is 1.77. The second-order valence-corrected chi connectivity index (χ2v) is 6.70. The third-order valence-corrected chi connectivity index (χ3v) is 4.67. The van der Waals surface area contributed by atoms with Crippen molar-refractivity contribution in [2.75, 3.05) is 29.9 Å². The van der Waals surface area contributed by atoms with E-state index in [9.17, 15) is 4.79 Å². The molecule has 1 saturated heterocycles. The summed E-state index contributed by atoms with van der Waals surface area (Å²) in [7, 11) is 1.67. The van der Waals surface area contributed by atoms with Gasteiger partial charge in [0, 0.05) is 44.5 Å². The molecule has 7 heteroatoms. The summed E-state index contributed by atoms with van der Waals surface area (Å²) in [5, 5.41) is 7.63. The standard InChI is InChI=1S/C18H26N6O/c1-4-5-15-10-19-13(2)22-18(15)20-9-14-6-7-24(12-14)16-8-17(25)23(3)21-11-16/h8,10-11,14H,4-7,9,12H2,1-3H3,(H,19,20,22)/t14-/m1/s1. The van der Waals surface area contributed by atoms with Crippen molar-refractivity contribution in [1.82, 2.24) is 19.7 Å². The Labute approximate surface area is 148 Å². The van der Waals surface area contributed by atoms with E-state index in [4.69, 9.17) is 0 Å². The SMILES string of the molecule is CCCc1cnc(C)nc1NC[C@H]1CCN(c2cnn(C)c(=O)c2)C1. The maximum atomic E-state index is 11.8. The molecule has 0 bridgehead atoms. The molecule has 0 aliphatic carbocycles. The molecule has 3 rings (SSSR count). The lowest BCUT2D eigenvalue weighted by Crippen LogP contribution is -2.26. The van der Waals surface area contributed by atoms with Crippen LogP contribution in [0.2, 0.25) is 0 Å². The maximum Gasteiger partial charge on any atom is 0.268 e. The first-order valence-corrected chi connectivity index (χ1v) is 8.91. The van der Waals surface area contributed by atoms with Crippen LogP contribution in [0.15, 0.2) is 23.3 Å². The van der Waals surface area contributed by atoms with Gasteiger partial charge in [-0.25, -0.2) is 14.6 Å². The number of hydrogen-bond donors (Lipinski definition) is 1. The lowest BCUT2D eigenvalue weighted by atomic mass is 10.1. The number of nitrogens with zero attached hydrogens (tertiary/aromatic N) is 5. The Morgan fingerprint density at radius 1 is 1.36 bits per heavy atom. The van der Waals surface area contributed by atoms with Crippen LogP contribution in [-0.2, 0) is 13.5 Å². The highest BCUT2D eigenvalue weighted by Crippen LogP contribution is 2.23. The molecule has 2 aromatic rings. The molecule has 134 valence electrons. The Bertz CT molecular complexity index is 787. The Balaban J connectivity index is 1.61. The van der Waals surface area contributed by atoms with Crippen molar-refractivity contribution in [3.63, 3.8) is 0 Å². The van der Waals surface area contributed by atoms with E-state index in [-0.39, 0.29) is 5.56 Å². The molecule has 3 heterocycles. The summed E-state index contributed by atoms with van der Waals surface area (Å²) in [5.41, 5.74) is 2.02. The van der Waals surface area contributed by atoms with Crippen LogP contribution in [0.25, 0.3) is 0 Å². The summed E-state index contributed by atoms with van der Waals surface area (Å²) >= 11 is 0. The fraction of sp³-hybridized carbons (Fsp3) is 0.556. The lowest BCUT2D eigenvalue weighted by Gasteiger charge is -2.19. The van der Waals surface area contributed by atoms with Crippen molar-refractivity contribution in [3.05, 3.63) is 40.2 Å². The van der Waals surface area contributed by atoms with Gasteiger partial charge in [-0.1, -0.05) is 13.3 Å². The Morgan fingerprint density at radius 2 is 2.20 bits per heavy atom. The highest BCUT2D eigenvalue weighted by molar-refractivity contribution is 5.45. The van der Waals surface area contributed by atoms with Crippen molar-refractivity contribution in [3.8, 4) is 0 Å². The largest absolute Gasteiger partial charge is 0.370 e. The molecule has 1 atom stereocenters. The van der Waals surface area contributed by atoms with Crippen molar-refractivity contribution in [1.29, 1.82) is 0 Å². The molecule has 0 saturated carbocycles. The molecule has 1 fully saturated rings. The second-order valence-electron chi connectivity index (χ2n) is 6.70. The smallest absolute Gasteiger partial charge is 0.268 e. The third-order valence-electron chi connectivity index (χ3n) is 4.67. The molecule has 0 amide bonds. The molecule has 0 spiro atoms. The van der Waals surface area contributed by atoms with Gasteiger partial charge in [-0.2, -0.15) is 5.10 Å². The van der Waals surface area contributed by atoms with Gasteiger partial charge in [-0.3, -0.25) is 4.79 Å². The zero-order valence-corrected chi connectivity index (χ0v) is 15.2. The first-order chi connectivity index (χ1) is 12.1. The fourth-order valence-corrected chi connectivity index (χ4v) is 3.21. The maximum absolute atomic E-state index is 11.8. The number of anilines is 2. The van der Waals surface area contributed by atoms with Crippen LogP contribution in [0.3, 0.4) is 0 Å². The quantitative estimate of drug-likeness (QED) is 0.862. The van der Waals surface area contributed by atoms with Gasteiger partial charge in [-0.15, -0.1) is 0 Å². The molecule has 1 N–H and O–H groups in total. The van der Waals surface area contributed by atoms with Crippen LogP contribution >= 0.6 is 0 Å². The zero-order chi connectivity index (χ0) is 17.8. The van der Waals surface area contributed by atoms with Gasteiger partial charge < -0.3 is 10.2 Å². The summed E-state index contributed by atoms with van der Waals surface area (Å²) in [4.78, 5) is 22.9. The van der Waals surface area contributed by atoms with Crippen LogP contribution in [0.1, 0.15) is 31.2 Å². The normalized spacial score (nSPS) is 17.1.